The average Bonchev–Trinajstić information content (AvgIpc) is 3.31. The fourth-order valence-corrected chi connectivity index (χ4v) is 6.53. The minimum absolute atomic E-state index is 0.0127. The predicted molar refractivity (Wildman–Crippen MR) is 138 cm³/mol. The van der Waals surface area contributed by atoms with Crippen LogP contribution in [0.25, 0.3) is 0 Å². The fraction of sp³-hybridized carbons (Fsp3) is 0.231. The summed E-state index contributed by atoms with van der Waals surface area (Å²) in [4.78, 5) is 11.1. The summed E-state index contributed by atoms with van der Waals surface area (Å²) < 4.78 is 29.3. The molecule has 3 aromatic carbocycles. The zero-order chi connectivity index (χ0) is 24.9. The highest BCUT2D eigenvalue weighted by Crippen LogP contribution is 2.50. The summed E-state index contributed by atoms with van der Waals surface area (Å²) in [7, 11) is -3.80. The van der Waals surface area contributed by atoms with Crippen molar-refractivity contribution in [2.75, 3.05) is 10.0 Å². The van der Waals surface area contributed by atoms with Crippen molar-refractivity contribution < 1.29 is 13.3 Å². The molecule has 35 heavy (non-hydrogen) atoms. The number of hydrogen-bond acceptors (Lipinski definition) is 5. The number of aryl methyl sites for hydroxylation is 2. The lowest BCUT2D eigenvalue weighted by Crippen LogP contribution is -2.29. The minimum atomic E-state index is -3.80. The molecule has 180 valence electrons. The number of benzene rings is 3. The molecule has 3 aromatic rings. The number of anilines is 2. The fourth-order valence-electron chi connectivity index (χ4n) is 5.10. The van der Waals surface area contributed by atoms with Gasteiger partial charge >= 0.3 is 0 Å². The summed E-state index contributed by atoms with van der Waals surface area (Å²) >= 11 is 6.02. The number of nitro benzene ring substituents is 1. The second-order valence-corrected chi connectivity index (χ2v) is 11.2. The number of fused-ring (bicyclic) bond motifs is 3. The SMILES string of the molecule is Cc1cccc(C)c1NS(=O)(=O)c1ccc2c(c1)C1C=CCC1C(c1ccc(Cl)c([N+](=O)[O-])c1)N2. The Balaban J connectivity index is 1.51. The normalized spacial score (nSPS) is 20.6. The van der Waals surface area contributed by atoms with E-state index in [2.05, 4.69) is 22.2 Å². The molecular weight excluding hydrogens is 486 g/mol. The van der Waals surface area contributed by atoms with Gasteiger partial charge in [-0.05, 0) is 72.7 Å². The summed E-state index contributed by atoms with van der Waals surface area (Å²) in [5.74, 6) is 0.0779. The Morgan fingerprint density at radius 2 is 1.83 bits per heavy atom. The third-order valence-corrected chi connectivity index (χ3v) is 8.56. The Kier molecular flexibility index (Phi) is 5.81. The van der Waals surface area contributed by atoms with Gasteiger partial charge in [-0.1, -0.05) is 48.0 Å². The quantitative estimate of drug-likeness (QED) is 0.232. The van der Waals surface area contributed by atoms with E-state index in [-0.39, 0.29) is 33.5 Å². The van der Waals surface area contributed by atoms with Crippen molar-refractivity contribution in [2.45, 2.75) is 37.1 Å². The molecule has 1 aliphatic carbocycles. The predicted octanol–water partition coefficient (Wildman–Crippen LogP) is 6.49. The molecule has 9 heteroatoms. The van der Waals surface area contributed by atoms with Gasteiger partial charge in [-0.3, -0.25) is 14.8 Å². The summed E-state index contributed by atoms with van der Waals surface area (Å²) in [5, 5.41) is 15.0. The third-order valence-electron chi connectivity index (χ3n) is 6.89. The van der Waals surface area contributed by atoms with Crippen molar-refractivity contribution >= 4 is 38.7 Å². The van der Waals surface area contributed by atoms with Crippen molar-refractivity contribution in [2.24, 2.45) is 5.92 Å². The summed E-state index contributed by atoms with van der Waals surface area (Å²) in [6, 6.07) is 15.4. The van der Waals surface area contributed by atoms with Gasteiger partial charge in [-0.15, -0.1) is 0 Å². The number of rotatable bonds is 5. The number of nitrogens with zero attached hydrogens (tertiary/aromatic N) is 1. The highest BCUT2D eigenvalue weighted by molar-refractivity contribution is 7.92. The first-order valence-electron chi connectivity index (χ1n) is 11.3. The van der Waals surface area contributed by atoms with Crippen LogP contribution in [0.3, 0.4) is 0 Å². The van der Waals surface area contributed by atoms with E-state index < -0.39 is 14.9 Å². The first-order chi connectivity index (χ1) is 16.7. The standard InChI is InChI=1S/C26H24ClN3O4S/c1-15-5-3-6-16(2)25(15)29-35(33,34)18-10-12-23-21(14-18)19-7-4-8-20(19)26(28-23)17-9-11-22(27)24(13-17)30(31)32/h3-7,9-14,19-20,26,28-29H,8H2,1-2H3. The second kappa shape index (κ2) is 8.70. The van der Waals surface area contributed by atoms with E-state index in [1.165, 1.54) is 6.07 Å². The molecule has 3 unspecified atom stereocenters. The van der Waals surface area contributed by atoms with E-state index in [0.717, 1.165) is 34.4 Å². The molecule has 0 bridgehead atoms. The van der Waals surface area contributed by atoms with Gasteiger partial charge in [-0.2, -0.15) is 0 Å². The molecule has 2 aliphatic rings. The molecule has 0 radical (unpaired) electrons. The molecule has 1 aliphatic heterocycles. The molecule has 3 atom stereocenters. The number of nitro groups is 1. The lowest BCUT2D eigenvalue weighted by Gasteiger charge is -2.37. The Labute approximate surface area is 209 Å². The molecule has 1 heterocycles. The van der Waals surface area contributed by atoms with Crippen LogP contribution in [0.15, 0.2) is 71.6 Å². The summed E-state index contributed by atoms with van der Waals surface area (Å²) in [6.45, 7) is 3.74. The van der Waals surface area contributed by atoms with E-state index in [1.54, 1.807) is 30.3 Å². The topological polar surface area (TPSA) is 101 Å². The highest BCUT2D eigenvalue weighted by Gasteiger charge is 2.39. The number of allylic oxidation sites excluding steroid dienone is 2. The lowest BCUT2D eigenvalue weighted by molar-refractivity contribution is -0.384. The van der Waals surface area contributed by atoms with Crippen LogP contribution in [-0.2, 0) is 10.0 Å². The number of hydrogen-bond donors (Lipinski definition) is 2. The first-order valence-corrected chi connectivity index (χ1v) is 13.1. The maximum Gasteiger partial charge on any atom is 0.288 e. The zero-order valence-electron chi connectivity index (χ0n) is 19.2. The van der Waals surface area contributed by atoms with Crippen molar-refractivity contribution in [3.63, 3.8) is 0 Å². The molecule has 0 amide bonds. The maximum atomic E-state index is 13.3. The lowest BCUT2D eigenvalue weighted by atomic mass is 9.77. The second-order valence-electron chi connectivity index (χ2n) is 9.06. The zero-order valence-corrected chi connectivity index (χ0v) is 20.7. The molecule has 0 fully saturated rings. The molecule has 2 N–H and O–H groups in total. The van der Waals surface area contributed by atoms with Crippen LogP contribution in [0.2, 0.25) is 5.02 Å². The Hall–Kier alpha value is -3.36. The molecule has 0 aromatic heterocycles. The van der Waals surface area contributed by atoms with Crippen LogP contribution in [0.1, 0.15) is 40.6 Å². The van der Waals surface area contributed by atoms with Crippen LogP contribution < -0.4 is 10.0 Å². The van der Waals surface area contributed by atoms with E-state index in [1.807, 2.05) is 32.0 Å². The number of nitrogens with one attached hydrogen (secondary N) is 2. The van der Waals surface area contributed by atoms with E-state index in [0.29, 0.717) is 5.69 Å². The van der Waals surface area contributed by atoms with E-state index >= 15 is 0 Å². The van der Waals surface area contributed by atoms with Gasteiger partial charge in [0.25, 0.3) is 15.7 Å². The summed E-state index contributed by atoms with van der Waals surface area (Å²) in [5.41, 5.74) is 4.65. The summed E-state index contributed by atoms with van der Waals surface area (Å²) in [6.07, 6.45) is 4.95. The minimum Gasteiger partial charge on any atom is -0.378 e. The molecule has 0 saturated heterocycles. The van der Waals surface area contributed by atoms with Crippen molar-refractivity contribution in [1.82, 2.24) is 0 Å². The van der Waals surface area contributed by atoms with Crippen LogP contribution >= 0.6 is 11.6 Å². The highest BCUT2D eigenvalue weighted by atomic mass is 35.5. The maximum absolute atomic E-state index is 13.3. The van der Waals surface area contributed by atoms with Gasteiger partial charge in [0.2, 0.25) is 0 Å². The Morgan fingerprint density at radius 1 is 1.09 bits per heavy atom. The van der Waals surface area contributed by atoms with Gasteiger partial charge in [0.15, 0.2) is 0 Å². The number of para-hydroxylation sites is 1. The van der Waals surface area contributed by atoms with E-state index in [4.69, 9.17) is 11.6 Å². The van der Waals surface area contributed by atoms with Crippen LogP contribution in [-0.4, -0.2) is 13.3 Å². The van der Waals surface area contributed by atoms with Gasteiger partial charge in [-0.25, -0.2) is 8.42 Å². The Morgan fingerprint density at radius 3 is 2.54 bits per heavy atom. The van der Waals surface area contributed by atoms with Crippen molar-refractivity contribution in [3.8, 4) is 0 Å². The van der Waals surface area contributed by atoms with Crippen LogP contribution in [0.4, 0.5) is 17.1 Å². The molecule has 0 spiro atoms. The van der Waals surface area contributed by atoms with Crippen LogP contribution in [0, 0.1) is 29.9 Å². The Bertz CT molecular complexity index is 1470. The molecule has 5 rings (SSSR count). The van der Waals surface area contributed by atoms with Crippen molar-refractivity contribution in [3.05, 3.63) is 104 Å². The smallest absolute Gasteiger partial charge is 0.288 e. The molecule has 0 saturated carbocycles. The first kappa shape index (κ1) is 23.4. The number of sulfonamides is 1. The number of halogens is 1. The largest absolute Gasteiger partial charge is 0.378 e. The van der Waals surface area contributed by atoms with E-state index in [9.17, 15) is 18.5 Å². The molecular formula is C26H24ClN3O4S. The van der Waals surface area contributed by atoms with Crippen LogP contribution in [0.5, 0.6) is 0 Å². The van der Waals surface area contributed by atoms with Gasteiger partial charge < -0.3 is 5.32 Å². The average molecular weight is 510 g/mol. The monoisotopic (exact) mass is 509 g/mol. The van der Waals surface area contributed by atoms with Gasteiger partial charge in [0.05, 0.1) is 21.5 Å². The molecule has 7 nitrogen and oxygen atoms in total. The van der Waals surface area contributed by atoms with Crippen molar-refractivity contribution in [1.29, 1.82) is 0 Å². The third kappa shape index (κ3) is 4.17. The van der Waals surface area contributed by atoms with Gasteiger partial charge in [0.1, 0.15) is 5.02 Å². The van der Waals surface area contributed by atoms with Gasteiger partial charge in [0, 0.05) is 17.7 Å².